The minimum absolute atomic E-state index is 0.248. The average Bonchev–Trinajstić information content (AvgIpc) is 2.85. The van der Waals surface area contributed by atoms with Crippen molar-refractivity contribution in [3.63, 3.8) is 0 Å². The molecule has 1 aromatic carbocycles. The number of nitrogens with zero attached hydrogens (tertiary/aromatic N) is 3. The third-order valence-electron chi connectivity index (χ3n) is 3.42. The molecule has 5 heteroatoms. The largest absolute Gasteiger partial charge is 0.286 e. The van der Waals surface area contributed by atoms with Crippen molar-refractivity contribution in [1.82, 2.24) is 14.6 Å². The van der Waals surface area contributed by atoms with Gasteiger partial charge in [0.15, 0.2) is 5.65 Å². The number of rotatable bonds is 3. The third-order valence-corrected chi connectivity index (χ3v) is 3.42. The molecule has 3 nitrogen and oxygen atoms in total. The average molecular weight is 287 g/mol. The van der Waals surface area contributed by atoms with E-state index in [0.717, 1.165) is 23.1 Å². The summed E-state index contributed by atoms with van der Waals surface area (Å²) >= 11 is 0. The summed E-state index contributed by atoms with van der Waals surface area (Å²) in [5.74, 6) is 0.0276. The second-order valence-electron chi connectivity index (χ2n) is 5.39. The van der Waals surface area contributed by atoms with E-state index in [1.54, 1.807) is 0 Å². The summed E-state index contributed by atoms with van der Waals surface area (Å²) in [6.07, 6.45) is 2.31. The molecule has 108 valence electrons. The number of fused-ring (bicyclic) bond motifs is 1. The summed E-state index contributed by atoms with van der Waals surface area (Å²) < 4.78 is 28.6. The van der Waals surface area contributed by atoms with Gasteiger partial charge in [0.2, 0.25) is 0 Å². The van der Waals surface area contributed by atoms with Crippen molar-refractivity contribution in [3.05, 3.63) is 65.1 Å². The van der Waals surface area contributed by atoms with Gasteiger partial charge in [-0.3, -0.25) is 4.40 Å². The van der Waals surface area contributed by atoms with E-state index in [-0.39, 0.29) is 5.92 Å². The Bertz CT molecular complexity index is 793. The van der Waals surface area contributed by atoms with Gasteiger partial charge in [-0.2, -0.15) is 0 Å². The standard InChI is InChI=1S/C16H15F2N3/c1-10(2)16-20-19-15-6-3-11(9-21(15)16)7-12-4-5-13(17)8-14(12)18/h3-6,8-10H,7H2,1-2H3. The van der Waals surface area contributed by atoms with Crippen molar-refractivity contribution in [2.24, 2.45) is 0 Å². The molecule has 2 heterocycles. The normalized spacial score (nSPS) is 11.5. The van der Waals surface area contributed by atoms with Gasteiger partial charge in [0.1, 0.15) is 17.5 Å². The number of halogens is 2. The maximum atomic E-state index is 13.7. The van der Waals surface area contributed by atoms with Crippen molar-refractivity contribution < 1.29 is 8.78 Å². The Morgan fingerprint density at radius 3 is 2.62 bits per heavy atom. The lowest BCUT2D eigenvalue weighted by Crippen LogP contribution is -2.00. The fourth-order valence-corrected chi connectivity index (χ4v) is 2.34. The predicted molar refractivity (Wildman–Crippen MR) is 76.2 cm³/mol. The van der Waals surface area contributed by atoms with Gasteiger partial charge in [-0.1, -0.05) is 26.0 Å². The molecule has 0 fully saturated rings. The number of aromatic nitrogens is 3. The molecule has 0 saturated heterocycles. The first-order chi connectivity index (χ1) is 10.0. The van der Waals surface area contributed by atoms with Crippen LogP contribution in [0.1, 0.15) is 36.7 Å². The van der Waals surface area contributed by atoms with E-state index in [0.29, 0.717) is 12.0 Å². The second-order valence-corrected chi connectivity index (χ2v) is 5.39. The van der Waals surface area contributed by atoms with Crippen LogP contribution in [-0.4, -0.2) is 14.6 Å². The fourth-order valence-electron chi connectivity index (χ4n) is 2.34. The highest BCUT2D eigenvalue weighted by atomic mass is 19.1. The van der Waals surface area contributed by atoms with E-state index in [2.05, 4.69) is 10.2 Å². The van der Waals surface area contributed by atoms with Crippen molar-refractivity contribution in [1.29, 1.82) is 0 Å². The zero-order chi connectivity index (χ0) is 15.0. The van der Waals surface area contributed by atoms with Crippen LogP contribution in [0.4, 0.5) is 8.78 Å². The Labute approximate surface area is 121 Å². The molecular formula is C16H15F2N3. The highest BCUT2D eigenvalue weighted by Crippen LogP contribution is 2.18. The van der Waals surface area contributed by atoms with Crippen LogP contribution in [0.5, 0.6) is 0 Å². The first kappa shape index (κ1) is 13.7. The number of hydrogen-bond acceptors (Lipinski definition) is 2. The van der Waals surface area contributed by atoms with Gasteiger partial charge in [-0.25, -0.2) is 8.78 Å². The quantitative estimate of drug-likeness (QED) is 0.735. The predicted octanol–water partition coefficient (Wildman–Crippen LogP) is 3.72. The van der Waals surface area contributed by atoms with Gasteiger partial charge in [0.05, 0.1) is 0 Å². The Morgan fingerprint density at radius 2 is 1.90 bits per heavy atom. The van der Waals surface area contributed by atoms with Crippen molar-refractivity contribution in [2.45, 2.75) is 26.2 Å². The second kappa shape index (κ2) is 5.24. The Morgan fingerprint density at radius 1 is 1.10 bits per heavy atom. The van der Waals surface area contributed by atoms with E-state index in [1.807, 2.05) is 36.6 Å². The maximum absolute atomic E-state index is 13.7. The summed E-state index contributed by atoms with van der Waals surface area (Å²) in [5, 5.41) is 8.27. The molecule has 2 aromatic heterocycles. The zero-order valence-corrected chi connectivity index (χ0v) is 11.8. The van der Waals surface area contributed by atoms with Crippen LogP contribution in [0.3, 0.4) is 0 Å². The molecule has 0 spiro atoms. The molecule has 21 heavy (non-hydrogen) atoms. The van der Waals surface area contributed by atoms with Gasteiger partial charge in [-0.05, 0) is 23.3 Å². The van der Waals surface area contributed by atoms with E-state index in [1.165, 1.54) is 12.1 Å². The van der Waals surface area contributed by atoms with Crippen molar-refractivity contribution in [2.75, 3.05) is 0 Å². The molecule has 0 atom stereocenters. The van der Waals surface area contributed by atoms with Crippen molar-refractivity contribution >= 4 is 5.65 Å². The molecule has 0 bridgehead atoms. The Hall–Kier alpha value is -2.30. The smallest absolute Gasteiger partial charge is 0.160 e. The SMILES string of the molecule is CC(C)c1nnc2ccc(Cc3ccc(F)cc3F)cn12. The topological polar surface area (TPSA) is 30.2 Å². The zero-order valence-electron chi connectivity index (χ0n) is 11.8. The minimum Gasteiger partial charge on any atom is -0.286 e. The highest BCUT2D eigenvalue weighted by molar-refractivity contribution is 5.41. The van der Waals surface area contributed by atoms with E-state index in [4.69, 9.17) is 0 Å². The van der Waals surface area contributed by atoms with Crippen molar-refractivity contribution in [3.8, 4) is 0 Å². The van der Waals surface area contributed by atoms with Crippen LogP contribution >= 0.6 is 0 Å². The first-order valence-corrected chi connectivity index (χ1v) is 6.82. The number of hydrogen-bond donors (Lipinski definition) is 0. The molecule has 0 N–H and O–H groups in total. The summed E-state index contributed by atoms with van der Waals surface area (Å²) in [7, 11) is 0. The fraction of sp³-hybridized carbons (Fsp3) is 0.250. The molecular weight excluding hydrogens is 272 g/mol. The number of pyridine rings is 1. The summed E-state index contributed by atoms with van der Waals surface area (Å²) in [4.78, 5) is 0. The Kier molecular flexibility index (Phi) is 3.41. The lowest BCUT2D eigenvalue weighted by atomic mass is 10.1. The van der Waals surface area contributed by atoms with E-state index >= 15 is 0 Å². The van der Waals surface area contributed by atoms with Gasteiger partial charge in [-0.15, -0.1) is 10.2 Å². The molecule has 3 rings (SSSR count). The summed E-state index contributed by atoms with van der Waals surface area (Å²) in [6, 6.07) is 7.40. The Balaban J connectivity index is 1.99. The molecule has 0 aliphatic heterocycles. The van der Waals surface area contributed by atoms with Crippen LogP contribution in [0, 0.1) is 11.6 Å². The van der Waals surface area contributed by atoms with Crippen LogP contribution < -0.4 is 0 Å². The van der Waals surface area contributed by atoms with Crippen LogP contribution in [0.2, 0.25) is 0 Å². The van der Waals surface area contributed by atoms with Gasteiger partial charge < -0.3 is 0 Å². The van der Waals surface area contributed by atoms with Crippen LogP contribution in [-0.2, 0) is 6.42 Å². The molecule has 0 amide bonds. The minimum atomic E-state index is -0.562. The molecule has 0 radical (unpaired) electrons. The lowest BCUT2D eigenvalue weighted by molar-refractivity contribution is 0.574. The van der Waals surface area contributed by atoms with Crippen LogP contribution in [0.15, 0.2) is 36.5 Å². The molecule has 3 aromatic rings. The van der Waals surface area contributed by atoms with Gasteiger partial charge in [0.25, 0.3) is 0 Å². The highest BCUT2D eigenvalue weighted by Gasteiger charge is 2.11. The lowest BCUT2D eigenvalue weighted by Gasteiger charge is -2.07. The monoisotopic (exact) mass is 287 g/mol. The van der Waals surface area contributed by atoms with E-state index in [9.17, 15) is 8.78 Å². The molecule has 0 aliphatic carbocycles. The number of benzene rings is 1. The van der Waals surface area contributed by atoms with E-state index < -0.39 is 11.6 Å². The molecule has 0 aliphatic rings. The van der Waals surface area contributed by atoms with Gasteiger partial charge in [0, 0.05) is 24.6 Å². The summed E-state index contributed by atoms with van der Waals surface area (Å²) in [6.45, 7) is 4.09. The summed E-state index contributed by atoms with van der Waals surface area (Å²) in [5.41, 5.74) is 2.16. The van der Waals surface area contributed by atoms with Crippen LogP contribution in [0.25, 0.3) is 5.65 Å². The first-order valence-electron chi connectivity index (χ1n) is 6.82. The molecule has 0 saturated carbocycles. The maximum Gasteiger partial charge on any atom is 0.160 e. The third kappa shape index (κ3) is 2.63. The van der Waals surface area contributed by atoms with Gasteiger partial charge >= 0.3 is 0 Å². The molecule has 0 unspecified atom stereocenters.